The predicted molar refractivity (Wildman–Crippen MR) is 109 cm³/mol. The van der Waals surface area contributed by atoms with Crippen molar-refractivity contribution in [2.45, 2.75) is 17.3 Å². The van der Waals surface area contributed by atoms with E-state index in [1.165, 1.54) is 37.1 Å². The van der Waals surface area contributed by atoms with Crippen LogP contribution in [0.5, 0.6) is 5.75 Å². The first kappa shape index (κ1) is 21.2. The molecule has 0 spiro atoms. The molecule has 1 N–H and O–H groups in total. The van der Waals surface area contributed by atoms with E-state index in [9.17, 15) is 13.2 Å². The summed E-state index contributed by atoms with van der Waals surface area (Å²) in [6.07, 6.45) is 2.79. The highest BCUT2D eigenvalue weighted by Crippen LogP contribution is 2.27. The lowest BCUT2D eigenvalue weighted by Gasteiger charge is -2.27. The highest BCUT2D eigenvalue weighted by Gasteiger charge is 2.29. The van der Waals surface area contributed by atoms with E-state index in [1.807, 2.05) is 0 Å². The van der Waals surface area contributed by atoms with Gasteiger partial charge in [0.2, 0.25) is 21.1 Å². The molecule has 0 radical (unpaired) electrons. The number of ether oxygens (including phenoxy) is 1. The van der Waals surface area contributed by atoms with Gasteiger partial charge in [-0.3, -0.25) is 14.4 Å². The number of rotatable bonds is 9. The topological polar surface area (TPSA) is 101 Å². The fourth-order valence-electron chi connectivity index (χ4n) is 2.20. The minimum atomic E-state index is -3.70. The third-order valence-electron chi connectivity index (χ3n) is 3.38. The zero-order valence-electron chi connectivity index (χ0n) is 15.1. The van der Waals surface area contributed by atoms with E-state index in [0.717, 1.165) is 10.6 Å². The molecule has 0 aliphatic rings. The summed E-state index contributed by atoms with van der Waals surface area (Å²) in [5.41, 5.74) is 0.362. The number of sulfonamides is 1. The van der Waals surface area contributed by atoms with Gasteiger partial charge in [-0.25, -0.2) is 8.42 Å². The maximum absolute atomic E-state index is 12.6. The molecule has 1 unspecified atom stereocenters. The second kappa shape index (κ2) is 9.20. The Bertz CT molecular complexity index is 897. The Kier molecular flexibility index (Phi) is 7.22. The number of anilines is 2. The second-order valence-electron chi connectivity index (χ2n) is 5.39. The van der Waals surface area contributed by atoms with Crippen LogP contribution in [0.2, 0.25) is 0 Å². The summed E-state index contributed by atoms with van der Waals surface area (Å²) in [7, 11) is -2.18. The van der Waals surface area contributed by atoms with Gasteiger partial charge in [0, 0.05) is 5.75 Å². The lowest BCUT2D eigenvalue weighted by atomic mass is 10.2. The average Bonchev–Trinajstić information content (AvgIpc) is 3.06. The molecule has 1 atom stereocenters. The molecule has 0 bridgehead atoms. The molecule has 1 heterocycles. The fraction of sp³-hybridized carbons (Fsp3) is 0.312. The lowest BCUT2D eigenvalue weighted by Crippen LogP contribution is -2.45. The number of nitrogens with zero attached hydrogens (tertiary/aromatic N) is 3. The van der Waals surface area contributed by atoms with E-state index in [1.54, 1.807) is 30.3 Å². The molecule has 1 aromatic carbocycles. The first-order valence-electron chi connectivity index (χ1n) is 7.77. The van der Waals surface area contributed by atoms with Gasteiger partial charge in [0.05, 0.1) is 19.1 Å². The van der Waals surface area contributed by atoms with Crippen LogP contribution in [-0.2, 0) is 14.8 Å². The quantitative estimate of drug-likeness (QED) is 0.372. The highest BCUT2D eigenvalue weighted by atomic mass is 32.2. The molecule has 0 saturated heterocycles. The first-order valence-corrected chi connectivity index (χ1v) is 11.4. The maximum Gasteiger partial charge on any atom is 0.249 e. The lowest BCUT2D eigenvalue weighted by molar-refractivity contribution is -0.116. The summed E-state index contributed by atoms with van der Waals surface area (Å²) in [6, 6.07) is 5.44. The summed E-state index contributed by atoms with van der Waals surface area (Å²) >= 11 is 2.66. The van der Waals surface area contributed by atoms with Crippen LogP contribution in [0.3, 0.4) is 0 Å². The van der Waals surface area contributed by atoms with Crippen molar-refractivity contribution in [3.8, 4) is 5.75 Å². The molecule has 1 aromatic heterocycles. The molecular formula is C16H20N4O4S3. The van der Waals surface area contributed by atoms with E-state index in [4.69, 9.17) is 4.74 Å². The molecule has 8 nitrogen and oxygen atoms in total. The normalized spacial score (nSPS) is 12.3. The summed E-state index contributed by atoms with van der Waals surface area (Å²) in [4.78, 5) is 12.6. The number of carbonyl (C=O) groups excluding carboxylic acids is 1. The van der Waals surface area contributed by atoms with E-state index in [0.29, 0.717) is 26.7 Å². The fourth-order valence-corrected chi connectivity index (χ4v) is 4.89. The number of carbonyl (C=O) groups is 1. The molecule has 0 saturated carbocycles. The maximum atomic E-state index is 12.6. The summed E-state index contributed by atoms with van der Waals surface area (Å²) in [5.74, 6) is 0.758. The standard InChI is InChI=1S/C16H20N4O4S3/c1-5-10-25-16-19-18-15(26-16)17-14(21)11(2)20(27(4,22)23)12-6-8-13(24-3)9-7-12/h5-9,11H,1,10H2,2-4H3,(H,17,18,21). The van der Waals surface area contributed by atoms with Crippen molar-refractivity contribution in [1.82, 2.24) is 10.2 Å². The third-order valence-corrected chi connectivity index (χ3v) is 6.59. The van der Waals surface area contributed by atoms with Crippen LogP contribution in [0.1, 0.15) is 6.92 Å². The molecule has 2 aromatic rings. The Labute approximate surface area is 166 Å². The molecule has 11 heteroatoms. The molecule has 0 fully saturated rings. The Hall–Kier alpha value is -2.11. The van der Waals surface area contributed by atoms with Gasteiger partial charge < -0.3 is 4.74 Å². The number of aromatic nitrogens is 2. The van der Waals surface area contributed by atoms with Crippen LogP contribution in [0, 0.1) is 0 Å². The molecule has 146 valence electrons. The van der Waals surface area contributed by atoms with Crippen molar-refractivity contribution < 1.29 is 17.9 Å². The van der Waals surface area contributed by atoms with Crippen molar-refractivity contribution >= 4 is 49.8 Å². The van der Waals surface area contributed by atoms with Gasteiger partial charge in [0.1, 0.15) is 11.8 Å². The van der Waals surface area contributed by atoms with Gasteiger partial charge in [-0.15, -0.1) is 16.8 Å². The number of nitrogens with one attached hydrogen (secondary N) is 1. The highest BCUT2D eigenvalue weighted by molar-refractivity contribution is 8.01. The van der Waals surface area contributed by atoms with E-state index in [-0.39, 0.29) is 0 Å². The van der Waals surface area contributed by atoms with Gasteiger partial charge in [0.15, 0.2) is 4.34 Å². The van der Waals surface area contributed by atoms with E-state index >= 15 is 0 Å². The number of hydrogen-bond acceptors (Lipinski definition) is 8. The molecular weight excluding hydrogens is 408 g/mol. The monoisotopic (exact) mass is 428 g/mol. The molecule has 27 heavy (non-hydrogen) atoms. The smallest absolute Gasteiger partial charge is 0.249 e. The van der Waals surface area contributed by atoms with Crippen molar-refractivity contribution in [2.75, 3.05) is 28.7 Å². The Balaban J connectivity index is 2.18. The van der Waals surface area contributed by atoms with Crippen molar-refractivity contribution in [1.29, 1.82) is 0 Å². The van der Waals surface area contributed by atoms with E-state index < -0.39 is 22.0 Å². The van der Waals surface area contributed by atoms with Crippen LogP contribution in [0.25, 0.3) is 0 Å². The van der Waals surface area contributed by atoms with Crippen LogP contribution in [-0.4, -0.2) is 49.7 Å². The zero-order valence-corrected chi connectivity index (χ0v) is 17.5. The van der Waals surface area contributed by atoms with Crippen LogP contribution in [0.4, 0.5) is 10.8 Å². The van der Waals surface area contributed by atoms with E-state index in [2.05, 4.69) is 22.1 Å². The number of benzene rings is 1. The number of thioether (sulfide) groups is 1. The van der Waals surface area contributed by atoms with Gasteiger partial charge in [-0.05, 0) is 31.2 Å². The van der Waals surface area contributed by atoms with Crippen molar-refractivity contribution in [2.24, 2.45) is 0 Å². The Morgan fingerprint density at radius 1 is 1.41 bits per heavy atom. The number of hydrogen-bond donors (Lipinski definition) is 1. The summed E-state index contributed by atoms with van der Waals surface area (Å²) in [6.45, 7) is 5.14. The van der Waals surface area contributed by atoms with Gasteiger partial charge >= 0.3 is 0 Å². The summed E-state index contributed by atoms with van der Waals surface area (Å²) < 4.78 is 31.4. The molecule has 0 aliphatic heterocycles. The largest absolute Gasteiger partial charge is 0.497 e. The molecule has 2 rings (SSSR count). The average molecular weight is 429 g/mol. The molecule has 0 aliphatic carbocycles. The van der Waals surface area contributed by atoms with Gasteiger partial charge in [-0.1, -0.05) is 29.2 Å². The Morgan fingerprint density at radius 3 is 2.63 bits per heavy atom. The van der Waals surface area contributed by atoms with Crippen LogP contribution >= 0.6 is 23.1 Å². The number of methoxy groups -OCH3 is 1. The summed E-state index contributed by atoms with van der Waals surface area (Å²) in [5, 5.41) is 10.8. The van der Waals surface area contributed by atoms with Crippen LogP contribution < -0.4 is 14.4 Å². The molecule has 1 amide bonds. The van der Waals surface area contributed by atoms with Gasteiger partial charge in [0.25, 0.3) is 0 Å². The van der Waals surface area contributed by atoms with Crippen molar-refractivity contribution in [3.63, 3.8) is 0 Å². The second-order valence-corrected chi connectivity index (χ2v) is 9.50. The van der Waals surface area contributed by atoms with Gasteiger partial charge in [-0.2, -0.15) is 0 Å². The minimum absolute atomic E-state index is 0.307. The zero-order chi connectivity index (χ0) is 20.0. The minimum Gasteiger partial charge on any atom is -0.497 e. The van der Waals surface area contributed by atoms with Crippen LogP contribution in [0.15, 0.2) is 41.3 Å². The predicted octanol–water partition coefficient (Wildman–Crippen LogP) is 2.62. The van der Waals surface area contributed by atoms with Crippen molar-refractivity contribution in [3.05, 3.63) is 36.9 Å². The number of amides is 1. The first-order chi connectivity index (χ1) is 12.8. The third kappa shape index (κ3) is 5.68. The Morgan fingerprint density at radius 2 is 2.07 bits per heavy atom. The SMILES string of the molecule is C=CCSc1nnc(NC(=O)C(C)N(c2ccc(OC)cc2)S(C)(=O)=O)s1.